The second kappa shape index (κ2) is 9.63. The summed E-state index contributed by atoms with van der Waals surface area (Å²) in [5, 5.41) is 2.92. The summed E-state index contributed by atoms with van der Waals surface area (Å²) in [5.41, 5.74) is 4.04. The van der Waals surface area contributed by atoms with Crippen molar-refractivity contribution in [3.8, 4) is 0 Å². The quantitative estimate of drug-likeness (QED) is 0.579. The molecular weight excluding hydrogens is 392 g/mol. The molecule has 0 radical (unpaired) electrons. The number of nitrogens with one attached hydrogen (secondary N) is 1. The molecule has 3 aromatic carbocycles. The van der Waals surface area contributed by atoms with Crippen LogP contribution in [-0.4, -0.2) is 24.1 Å². The third-order valence-electron chi connectivity index (χ3n) is 5.12. The number of hydrogen-bond acceptors (Lipinski definition) is 3. The molecule has 4 rings (SSSR count). The van der Waals surface area contributed by atoms with Gasteiger partial charge in [-0.05, 0) is 54.3 Å². The molecule has 0 aromatic heterocycles. The molecule has 30 heavy (non-hydrogen) atoms. The molecule has 0 fully saturated rings. The fraction of sp³-hybridized carbons (Fsp3) is 0.200. The van der Waals surface area contributed by atoms with Crippen LogP contribution in [0.4, 0.5) is 11.4 Å². The van der Waals surface area contributed by atoms with Crippen molar-refractivity contribution in [1.29, 1.82) is 0 Å². The van der Waals surface area contributed by atoms with Gasteiger partial charge in [-0.15, -0.1) is 11.8 Å². The van der Waals surface area contributed by atoms with Gasteiger partial charge in [-0.1, -0.05) is 48.5 Å². The number of anilines is 2. The molecule has 1 aliphatic heterocycles. The first-order valence-corrected chi connectivity index (χ1v) is 11.1. The minimum absolute atomic E-state index is 0.0412. The maximum Gasteiger partial charge on any atom is 0.237 e. The highest BCUT2D eigenvalue weighted by Gasteiger charge is 2.21. The SMILES string of the molecule is O=C(Cc1ccccc1)Nc1ccc(SCC(=O)N2CCCc3ccccc32)cc1. The standard InChI is InChI=1S/C25H24N2O2S/c28-24(17-19-7-2-1-3-8-19)26-21-12-14-22(15-13-21)30-18-25(29)27-16-6-10-20-9-4-5-11-23(20)27/h1-5,7-9,11-15H,6,10,16-18H2,(H,26,28). The van der Waals surface area contributed by atoms with Gasteiger partial charge >= 0.3 is 0 Å². The van der Waals surface area contributed by atoms with Gasteiger partial charge in [0.05, 0.1) is 12.2 Å². The summed E-state index contributed by atoms with van der Waals surface area (Å²) >= 11 is 1.52. The van der Waals surface area contributed by atoms with Crippen LogP contribution in [0.15, 0.2) is 83.8 Å². The Hall–Kier alpha value is -3.05. The van der Waals surface area contributed by atoms with Gasteiger partial charge < -0.3 is 10.2 Å². The van der Waals surface area contributed by atoms with E-state index in [4.69, 9.17) is 0 Å². The minimum atomic E-state index is -0.0412. The monoisotopic (exact) mass is 416 g/mol. The van der Waals surface area contributed by atoms with Crippen molar-refractivity contribution >= 4 is 35.0 Å². The molecule has 2 amide bonds. The van der Waals surface area contributed by atoms with Crippen molar-refractivity contribution in [1.82, 2.24) is 0 Å². The predicted molar refractivity (Wildman–Crippen MR) is 123 cm³/mol. The van der Waals surface area contributed by atoms with Crippen LogP contribution in [0, 0.1) is 0 Å². The van der Waals surface area contributed by atoms with Gasteiger partial charge in [-0.3, -0.25) is 9.59 Å². The van der Waals surface area contributed by atoms with Crippen molar-refractivity contribution in [2.24, 2.45) is 0 Å². The Morgan fingerprint density at radius 1 is 0.900 bits per heavy atom. The average Bonchev–Trinajstić information content (AvgIpc) is 2.78. The van der Waals surface area contributed by atoms with Gasteiger partial charge in [0.1, 0.15) is 0 Å². The summed E-state index contributed by atoms with van der Waals surface area (Å²) in [6.07, 6.45) is 2.39. The Bertz CT molecular complexity index is 1020. The van der Waals surface area contributed by atoms with E-state index < -0.39 is 0 Å². The Labute approximate surface area is 181 Å². The van der Waals surface area contributed by atoms with Crippen LogP contribution in [0.1, 0.15) is 17.5 Å². The predicted octanol–water partition coefficient (Wildman–Crippen LogP) is 4.94. The van der Waals surface area contributed by atoms with E-state index in [2.05, 4.69) is 11.4 Å². The van der Waals surface area contributed by atoms with Crippen LogP contribution in [0.2, 0.25) is 0 Å². The lowest BCUT2D eigenvalue weighted by Crippen LogP contribution is -2.36. The van der Waals surface area contributed by atoms with Crippen molar-refractivity contribution in [3.05, 3.63) is 90.0 Å². The average molecular weight is 417 g/mol. The minimum Gasteiger partial charge on any atom is -0.326 e. The number of amides is 2. The fourth-order valence-electron chi connectivity index (χ4n) is 3.64. The first kappa shape index (κ1) is 20.2. The summed E-state index contributed by atoms with van der Waals surface area (Å²) in [6.45, 7) is 0.781. The number of para-hydroxylation sites is 1. The van der Waals surface area contributed by atoms with Crippen molar-refractivity contribution in [2.75, 3.05) is 22.5 Å². The number of fused-ring (bicyclic) bond motifs is 1. The van der Waals surface area contributed by atoms with Gasteiger partial charge in [0.15, 0.2) is 0 Å². The molecule has 0 spiro atoms. The molecule has 1 N–H and O–H groups in total. The van der Waals surface area contributed by atoms with Crippen molar-refractivity contribution in [2.45, 2.75) is 24.2 Å². The molecule has 1 aliphatic rings. The third kappa shape index (κ3) is 5.10. The second-order valence-electron chi connectivity index (χ2n) is 7.30. The zero-order chi connectivity index (χ0) is 20.8. The number of nitrogens with zero attached hydrogens (tertiary/aromatic N) is 1. The van der Waals surface area contributed by atoms with E-state index in [0.29, 0.717) is 12.2 Å². The van der Waals surface area contributed by atoms with E-state index in [0.717, 1.165) is 41.2 Å². The Kier molecular flexibility index (Phi) is 6.50. The molecule has 0 aliphatic carbocycles. The molecule has 152 valence electrons. The zero-order valence-corrected chi connectivity index (χ0v) is 17.5. The molecule has 4 nitrogen and oxygen atoms in total. The van der Waals surface area contributed by atoms with Crippen molar-refractivity contribution < 1.29 is 9.59 Å². The molecule has 0 saturated heterocycles. The fourth-order valence-corrected chi connectivity index (χ4v) is 4.41. The molecule has 5 heteroatoms. The summed E-state index contributed by atoms with van der Waals surface area (Å²) in [6, 6.07) is 25.5. The highest BCUT2D eigenvalue weighted by atomic mass is 32.2. The number of carbonyl (C=O) groups excluding carboxylic acids is 2. The van der Waals surface area contributed by atoms with Gasteiger partial charge in [0, 0.05) is 22.8 Å². The van der Waals surface area contributed by atoms with Crippen LogP contribution in [-0.2, 0) is 22.4 Å². The Morgan fingerprint density at radius 2 is 1.63 bits per heavy atom. The van der Waals surface area contributed by atoms with Crippen LogP contribution >= 0.6 is 11.8 Å². The molecule has 3 aromatic rings. The van der Waals surface area contributed by atoms with Gasteiger partial charge in [0.2, 0.25) is 11.8 Å². The number of rotatable bonds is 6. The van der Waals surface area contributed by atoms with Crippen LogP contribution in [0.5, 0.6) is 0 Å². The van der Waals surface area contributed by atoms with E-state index in [1.807, 2.05) is 77.7 Å². The number of thioether (sulfide) groups is 1. The number of carbonyl (C=O) groups is 2. The van der Waals surface area contributed by atoms with Gasteiger partial charge in [-0.2, -0.15) is 0 Å². The van der Waals surface area contributed by atoms with E-state index in [1.165, 1.54) is 17.3 Å². The zero-order valence-electron chi connectivity index (χ0n) is 16.7. The highest BCUT2D eigenvalue weighted by molar-refractivity contribution is 8.00. The lowest BCUT2D eigenvalue weighted by atomic mass is 10.0. The summed E-state index contributed by atoms with van der Waals surface area (Å²) in [5.74, 6) is 0.488. The molecule has 1 heterocycles. The molecule has 0 unspecified atom stereocenters. The van der Waals surface area contributed by atoms with E-state index in [9.17, 15) is 9.59 Å². The van der Waals surface area contributed by atoms with Gasteiger partial charge in [-0.25, -0.2) is 0 Å². The maximum atomic E-state index is 12.8. The summed E-state index contributed by atoms with van der Waals surface area (Å²) < 4.78 is 0. The van der Waals surface area contributed by atoms with Crippen molar-refractivity contribution in [3.63, 3.8) is 0 Å². The van der Waals surface area contributed by atoms with E-state index in [1.54, 1.807) is 0 Å². The van der Waals surface area contributed by atoms with E-state index >= 15 is 0 Å². The molecule has 0 bridgehead atoms. The lowest BCUT2D eigenvalue weighted by molar-refractivity contribution is -0.116. The lowest BCUT2D eigenvalue weighted by Gasteiger charge is -2.29. The second-order valence-corrected chi connectivity index (χ2v) is 8.35. The normalized spacial score (nSPS) is 12.9. The first-order chi connectivity index (χ1) is 14.7. The highest BCUT2D eigenvalue weighted by Crippen LogP contribution is 2.28. The van der Waals surface area contributed by atoms with Gasteiger partial charge in [0.25, 0.3) is 0 Å². The Morgan fingerprint density at radius 3 is 2.43 bits per heavy atom. The molecule has 0 saturated carbocycles. The van der Waals surface area contributed by atoms with E-state index in [-0.39, 0.29) is 11.8 Å². The maximum absolute atomic E-state index is 12.8. The van der Waals surface area contributed by atoms with Crippen LogP contribution in [0.25, 0.3) is 0 Å². The summed E-state index contributed by atoms with van der Waals surface area (Å²) in [7, 11) is 0. The van der Waals surface area contributed by atoms with Crippen LogP contribution < -0.4 is 10.2 Å². The molecule has 0 atom stereocenters. The largest absolute Gasteiger partial charge is 0.326 e. The van der Waals surface area contributed by atoms with Crippen LogP contribution in [0.3, 0.4) is 0 Å². The smallest absolute Gasteiger partial charge is 0.237 e. The number of hydrogen-bond donors (Lipinski definition) is 1. The molecular formula is C25H24N2O2S. The number of benzene rings is 3. The summed E-state index contributed by atoms with van der Waals surface area (Å²) in [4.78, 5) is 27.9. The third-order valence-corrected chi connectivity index (χ3v) is 6.12. The topological polar surface area (TPSA) is 49.4 Å². The Balaban J connectivity index is 1.30. The number of aryl methyl sites for hydroxylation is 1. The first-order valence-electron chi connectivity index (χ1n) is 10.1.